The molecule has 1 aromatic carbocycles. The Hall–Kier alpha value is -2.27. The number of morpholine rings is 2. The monoisotopic (exact) mass is 506 g/mol. The summed E-state index contributed by atoms with van der Waals surface area (Å²) in [6.07, 6.45) is 0.102. The number of ether oxygens (including phenoxy) is 3. The van der Waals surface area contributed by atoms with Crippen LogP contribution in [0, 0.1) is 5.82 Å². The Morgan fingerprint density at radius 1 is 0.944 bits per heavy atom. The van der Waals surface area contributed by atoms with Crippen LogP contribution in [0.15, 0.2) is 24.3 Å². The third kappa shape index (κ3) is 7.15. The Morgan fingerprint density at radius 3 is 2.28 bits per heavy atom. The van der Waals surface area contributed by atoms with Crippen LogP contribution >= 0.6 is 0 Å². The molecular weight excluding hydrogens is 467 g/mol. The zero-order valence-corrected chi connectivity index (χ0v) is 21.5. The molecule has 0 bridgehead atoms. The standard InChI is InChI=1S/C26H39FN4O5/c1-21(2)29-9-7-28(8-10-29)18-25(33)31-13-16-36-26(19-31,17-24(32)30-11-14-34-15-12-30)20-35-23-5-3-22(27)4-6-23/h3-6,21H,7-20H2,1-2H3. The summed E-state index contributed by atoms with van der Waals surface area (Å²) in [5.41, 5.74) is -0.978. The van der Waals surface area contributed by atoms with Crippen LogP contribution in [0.5, 0.6) is 5.75 Å². The first-order valence-corrected chi connectivity index (χ1v) is 13.0. The number of piperazine rings is 1. The highest BCUT2D eigenvalue weighted by molar-refractivity contribution is 5.80. The lowest BCUT2D eigenvalue weighted by molar-refractivity contribution is -0.168. The molecule has 0 aromatic heterocycles. The van der Waals surface area contributed by atoms with Gasteiger partial charge in [0.15, 0.2) is 0 Å². The summed E-state index contributed by atoms with van der Waals surface area (Å²) in [7, 11) is 0. The minimum atomic E-state index is -0.978. The molecule has 4 rings (SSSR count). The molecule has 1 aromatic rings. The first-order valence-electron chi connectivity index (χ1n) is 13.0. The molecule has 3 heterocycles. The predicted molar refractivity (Wildman–Crippen MR) is 132 cm³/mol. The summed E-state index contributed by atoms with van der Waals surface area (Å²) in [6, 6.07) is 6.27. The van der Waals surface area contributed by atoms with Gasteiger partial charge in [0.25, 0.3) is 0 Å². The number of amides is 2. The molecule has 3 aliphatic rings. The van der Waals surface area contributed by atoms with E-state index in [0.717, 1.165) is 26.2 Å². The number of hydrogen-bond donors (Lipinski definition) is 0. The SMILES string of the molecule is CC(C)N1CCN(CC(=O)N2CCOC(COc3ccc(F)cc3)(CC(=O)N3CCOCC3)C2)CC1. The molecule has 0 spiro atoms. The van der Waals surface area contributed by atoms with Crippen LogP contribution in [0.4, 0.5) is 4.39 Å². The largest absolute Gasteiger partial charge is 0.490 e. The van der Waals surface area contributed by atoms with Gasteiger partial charge < -0.3 is 24.0 Å². The summed E-state index contributed by atoms with van der Waals surface area (Å²) >= 11 is 0. The molecule has 3 fully saturated rings. The quantitative estimate of drug-likeness (QED) is 0.522. The lowest BCUT2D eigenvalue weighted by atomic mass is 9.96. The molecule has 3 saturated heterocycles. The Balaban J connectivity index is 1.41. The number of carbonyl (C=O) groups excluding carboxylic acids is 2. The number of benzene rings is 1. The first-order chi connectivity index (χ1) is 17.3. The lowest BCUT2D eigenvalue weighted by Crippen LogP contribution is -2.60. The van der Waals surface area contributed by atoms with E-state index in [4.69, 9.17) is 14.2 Å². The predicted octanol–water partition coefficient (Wildman–Crippen LogP) is 1.08. The summed E-state index contributed by atoms with van der Waals surface area (Å²) in [4.78, 5) is 34.7. The van der Waals surface area contributed by atoms with Gasteiger partial charge in [0.1, 0.15) is 23.8 Å². The molecule has 0 aliphatic carbocycles. The third-order valence-electron chi connectivity index (χ3n) is 7.25. The van der Waals surface area contributed by atoms with E-state index >= 15 is 0 Å². The van der Waals surface area contributed by atoms with Crippen molar-refractivity contribution in [2.75, 3.05) is 85.3 Å². The van der Waals surface area contributed by atoms with Gasteiger partial charge in [-0.2, -0.15) is 0 Å². The van der Waals surface area contributed by atoms with Crippen molar-refractivity contribution >= 4 is 11.8 Å². The van der Waals surface area contributed by atoms with Crippen LogP contribution in [0.1, 0.15) is 20.3 Å². The van der Waals surface area contributed by atoms with E-state index in [0.29, 0.717) is 57.8 Å². The van der Waals surface area contributed by atoms with Crippen molar-refractivity contribution in [2.45, 2.75) is 31.9 Å². The second kappa shape index (κ2) is 12.3. The van der Waals surface area contributed by atoms with Crippen LogP contribution < -0.4 is 4.74 Å². The first kappa shape index (κ1) is 26.8. The molecule has 2 amide bonds. The summed E-state index contributed by atoms with van der Waals surface area (Å²) < 4.78 is 30.9. The molecule has 200 valence electrons. The van der Waals surface area contributed by atoms with Crippen molar-refractivity contribution in [3.8, 4) is 5.75 Å². The Kier molecular flexibility index (Phi) is 9.16. The van der Waals surface area contributed by atoms with Gasteiger partial charge in [0.05, 0.1) is 39.3 Å². The fraction of sp³-hybridized carbons (Fsp3) is 0.692. The fourth-order valence-corrected chi connectivity index (χ4v) is 4.98. The van der Waals surface area contributed by atoms with Gasteiger partial charge in [-0.25, -0.2) is 4.39 Å². The van der Waals surface area contributed by atoms with Gasteiger partial charge in [-0.3, -0.25) is 19.4 Å². The van der Waals surface area contributed by atoms with Crippen molar-refractivity contribution in [1.29, 1.82) is 0 Å². The average molecular weight is 507 g/mol. The number of carbonyl (C=O) groups is 2. The van der Waals surface area contributed by atoms with E-state index in [9.17, 15) is 14.0 Å². The van der Waals surface area contributed by atoms with Crippen molar-refractivity contribution in [1.82, 2.24) is 19.6 Å². The van der Waals surface area contributed by atoms with Gasteiger partial charge in [0.2, 0.25) is 11.8 Å². The van der Waals surface area contributed by atoms with Crippen molar-refractivity contribution < 1.29 is 28.2 Å². The van der Waals surface area contributed by atoms with Crippen LogP contribution in [-0.2, 0) is 19.1 Å². The van der Waals surface area contributed by atoms with Crippen molar-refractivity contribution in [2.24, 2.45) is 0 Å². The zero-order valence-electron chi connectivity index (χ0n) is 21.5. The number of hydrogen-bond acceptors (Lipinski definition) is 7. The highest BCUT2D eigenvalue weighted by Crippen LogP contribution is 2.26. The van der Waals surface area contributed by atoms with Crippen LogP contribution in [0.2, 0.25) is 0 Å². The number of halogens is 1. The lowest BCUT2D eigenvalue weighted by Gasteiger charge is -2.44. The Morgan fingerprint density at radius 2 is 1.61 bits per heavy atom. The normalized spacial score (nSPS) is 24.2. The second-order valence-electron chi connectivity index (χ2n) is 10.2. The van der Waals surface area contributed by atoms with E-state index in [1.54, 1.807) is 21.9 Å². The molecule has 1 atom stereocenters. The van der Waals surface area contributed by atoms with Gasteiger partial charge in [-0.15, -0.1) is 0 Å². The Labute approximate surface area is 213 Å². The molecule has 36 heavy (non-hydrogen) atoms. The fourth-order valence-electron chi connectivity index (χ4n) is 4.98. The average Bonchev–Trinajstić information content (AvgIpc) is 2.89. The minimum Gasteiger partial charge on any atom is -0.490 e. The third-order valence-corrected chi connectivity index (χ3v) is 7.25. The van der Waals surface area contributed by atoms with E-state index in [-0.39, 0.29) is 37.2 Å². The van der Waals surface area contributed by atoms with E-state index in [1.165, 1.54) is 12.1 Å². The van der Waals surface area contributed by atoms with E-state index < -0.39 is 5.60 Å². The molecule has 10 heteroatoms. The van der Waals surface area contributed by atoms with E-state index in [1.807, 2.05) is 0 Å². The summed E-state index contributed by atoms with van der Waals surface area (Å²) in [5, 5.41) is 0. The summed E-state index contributed by atoms with van der Waals surface area (Å²) in [6.45, 7) is 11.7. The number of rotatable bonds is 8. The minimum absolute atomic E-state index is 0.0416. The molecule has 0 N–H and O–H groups in total. The maximum absolute atomic E-state index is 13.3. The second-order valence-corrected chi connectivity index (χ2v) is 10.2. The van der Waals surface area contributed by atoms with Crippen LogP contribution in [0.3, 0.4) is 0 Å². The van der Waals surface area contributed by atoms with Gasteiger partial charge in [-0.1, -0.05) is 0 Å². The molecular formula is C26H39FN4O5. The topological polar surface area (TPSA) is 74.8 Å². The van der Waals surface area contributed by atoms with Crippen LogP contribution in [0.25, 0.3) is 0 Å². The van der Waals surface area contributed by atoms with Crippen molar-refractivity contribution in [3.05, 3.63) is 30.1 Å². The van der Waals surface area contributed by atoms with Gasteiger partial charge >= 0.3 is 0 Å². The molecule has 0 radical (unpaired) electrons. The van der Waals surface area contributed by atoms with Crippen LogP contribution in [-0.4, -0.2) is 128 Å². The molecule has 3 aliphatic heterocycles. The van der Waals surface area contributed by atoms with E-state index in [2.05, 4.69) is 23.6 Å². The molecule has 1 unspecified atom stereocenters. The smallest absolute Gasteiger partial charge is 0.236 e. The highest BCUT2D eigenvalue weighted by atomic mass is 19.1. The van der Waals surface area contributed by atoms with Gasteiger partial charge in [0, 0.05) is 51.9 Å². The zero-order chi connectivity index (χ0) is 25.5. The maximum Gasteiger partial charge on any atom is 0.236 e. The van der Waals surface area contributed by atoms with Gasteiger partial charge in [-0.05, 0) is 38.1 Å². The highest BCUT2D eigenvalue weighted by Gasteiger charge is 2.42. The number of nitrogens with zero attached hydrogens (tertiary/aromatic N) is 4. The molecule has 9 nitrogen and oxygen atoms in total. The maximum atomic E-state index is 13.3. The summed E-state index contributed by atoms with van der Waals surface area (Å²) in [5.74, 6) is 0.144. The van der Waals surface area contributed by atoms with Crippen molar-refractivity contribution in [3.63, 3.8) is 0 Å². The Bertz CT molecular complexity index is 872. The molecule has 0 saturated carbocycles.